The van der Waals surface area contributed by atoms with Gasteiger partial charge in [-0.05, 0) is 55.5 Å². The summed E-state index contributed by atoms with van der Waals surface area (Å²) in [6.45, 7) is 4.52. The molecule has 1 fully saturated rings. The third kappa shape index (κ3) is 5.03. The van der Waals surface area contributed by atoms with Crippen molar-refractivity contribution in [2.75, 3.05) is 13.1 Å². The van der Waals surface area contributed by atoms with Crippen molar-refractivity contribution in [3.63, 3.8) is 0 Å². The van der Waals surface area contributed by atoms with Gasteiger partial charge in [-0.15, -0.1) is 0 Å². The fraction of sp³-hybridized carbons (Fsp3) is 0.360. The van der Waals surface area contributed by atoms with Crippen LogP contribution in [0.5, 0.6) is 0 Å². The molecule has 0 aliphatic carbocycles. The minimum Gasteiger partial charge on any atom is -0.312 e. The Hall–Kier alpha value is -2.96. The molecular weight excluding hydrogens is 388 g/mol. The van der Waals surface area contributed by atoms with E-state index in [0.29, 0.717) is 0 Å². The van der Waals surface area contributed by atoms with Crippen LogP contribution in [0.15, 0.2) is 54.6 Å². The highest BCUT2D eigenvalue weighted by Crippen LogP contribution is 2.27. The summed E-state index contributed by atoms with van der Waals surface area (Å²) in [7, 11) is 0. The van der Waals surface area contributed by atoms with Gasteiger partial charge in [0.1, 0.15) is 5.82 Å². The topological polar surface area (TPSA) is 70.4 Å². The van der Waals surface area contributed by atoms with E-state index < -0.39 is 5.91 Å². The van der Waals surface area contributed by atoms with E-state index in [1.165, 1.54) is 30.9 Å². The zero-order valence-corrected chi connectivity index (χ0v) is 18.0. The van der Waals surface area contributed by atoms with Crippen molar-refractivity contribution < 1.29 is 10.0 Å². The summed E-state index contributed by atoms with van der Waals surface area (Å²) < 4.78 is 2.39. The second-order valence-corrected chi connectivity index (χ2v) is 8.17. The van der Waals surface area contributed by atoms with Crippen LogP contribution in [0.4, 0.5) is 0 Å². The number of aryl methyl sites for hydroxylation is 2. The number of likely N-dealkylation sites (tertiary alicyclic amines) is 1. The van der Waals surface area contributed by atoms with Crippen LogP contribution in [0, 0.1) is 0 Å². The standard InChI is InChI=1S/C25H30N4O2/c1-19(28-16-6-3-7-17-28)29-23-13-10-21(12-15-25(30)27-31)18-22(23)26-24(29)14-11-20-8-4-2-5-9-20/h2,4-5,8-10,12-13,15,18-19,31H,3,6-7,11,14,16-17H2,1H3,(H,27,30)/b15-12+. The van der Waals surface area contributed by atoms with E-state index in [2.05, 4.69) is 46.7 Å². The summed E-state index contributed by atoms with van der Waals surface area (Å²) in [6.07, 6.45) is 8.86. The Balaban J connectivity index is 1.67. The molecule has 2 heterocycles. The molecule has 1 saturated heterocycles. The lowest BCUT2D eigenvalue weighted by atomic mass is 10.1. The number of aromatic nitrogens is 2. The van der Waals surface area contributed by atoms with E-state index in [4.69, 9.17) is 10.2 Å². The van der Waals surface area contributed by atoms with Crippen LogP contribution in [-0.2, 0) is 17.6 Å². The molecule has 3 aromatic rings. The van der Waals surface area contributed by atoms with Crippen molar-refractivity contribution in [2.24, 2.45) is 0 Å². The molecule has 162 valence electrons. The zero-order valence-electron chi connectivity index (χ0n) is 18.0. The minimum atomic E-state index is -0.548. The maximum atomic E-state index is 11.3. The van der Waals surface area contributed by atoms with Gasteiger partial charge in [-0.3, -0.25) is 14.9 Å². The molecule has 1 unspecified atom stereocenters. The highest BCUT2D eigenvalue weighted by atomic mass is 16.5. The van der Waals surface area contributed by atoms with Crippen LogP contribution < -0.4 is 5.48 Å². The molecule has 0 radical (unpaired) electrons. The highest BCUT2D eigenvalue weighted by molar-refractivity contribution is 5.91. The first-order chi connectivity index (χ1) is 15.2. The first-order valence-electron chi connectivity index (χ1n) is 11.1. The molecule has 2 N–H and O–H groups in total. The lowest BCUT2D eigenvalue weighted by Gasteiger charge is -2.34. The number of fused-ring (bicyclic) bond motifs is 1. The van der Waals surface area contributed by atoms with Gasteiger partial charge in [0.25, 0.3) is 5.91 Å². The molecule has 0 saturated carbocycles. The number of rotatable bonds is 7. The van der Waals surface area contributed by atoms with Gasteiger partial charge in [0, 0.05) is 25.6 Å². The monoisotopic (exact) mass is 418 g/mol. The van der Waals surface area contributed by atoms with Gasteiger partial charge in [-0.25, -0.2) is 10.5 Å². The van der Waals surface area contributed by atoms with E-state index in [9.17, 15) is 4.79 Å². The largest absolute Gasteiger partial charge is 0.312 e. The number of hydrogen-bond acceptors (Lipinski definition) is 4. The first kappa shape index (κ1) is 21.3. The van der Waals surface area contributed by atoms with Crippen LogP contribution in [-0.4, -0.2) is 38.7 Å². The minimum absolute atomic E-state index is 0.248. The average molecular weight is 419 g/mol. The van der Waals surface area contributed by atoms with E-state index in [-0.39, 0.29) is 6.17 Å². The number of carbonyl (C=O) groups is 1. The Kier molecular flexibility index (Phi) is 6.79. The maximum Gasteiger partial charge on any atom is 0.267 e. The second kappa shape index (κ2) is 9.90. The predicted molar refractivity (Wildman–Crippen MR) is 123 cm³/mol. The number of piperidine rings is 1. The van der Waals surface area contributed by atoms with Crippen LogP contribution in [0.25, 0.3) is 17.1 Å². The lowest BCUT2D eigenvalue weighted by Crippen LogP contribution is -2.35. The number of amides is 1. The Labute approximate surface area is 183 Å². The predicted octanol–water partition coefficient (Wildman–Crippen LogP) is 4.34. The summed E-state index contributed by atoms with van der Waals surface area (Å²) in [5.41, 5.74) is 5.85. The SMILES string of the molecule is CC(N1CCCCC1)n1c(CCc2ccccc2)nc2cc(/C=C/C(=O)NO)ccc21. The van der Waals surface area contributed by atoms with Crippen LogP contribution >= 0.6 is 0 Å². The molecule has 4 rings (SSSR count). The molecule has 0 bridgehead atoms. The van der Waals surface area contributed by atoms with Crippen LogP contribution in [0.2, 0.25) is 0 Å². The van der Waals surface area contributed by atoms with Gasteiger partial charge < -0.3 is 4.57 Å². The smallest absolute Gasteiger partial charge is 0.267 e. The van der Waals surface area contributed by atoms with E-state index in [0.717, 1.165) is 48.4 Å². The molecule has 6 nitrogen and oxygen atoms in total. The van der Waals surface area contributed by atoms with Crippen molar-refractivity contribution in [1.29, 1.82) is 0 Å². The molecule has 31 heavy (non-hydrogen) atoms. The number of nitrogens with one attached hydrogen (secondary N) is 1. The van der Waals surface area contributed by atoms with Gasteiger partial charge in [0.15, 0.2) is 0 Å². The van der Waals surface area contributed by atoms with Crippen molar-refractivity contribution in [3.05, 3.63) is 71.6 Å². The number of imidazole rings is 1. The maximum absolute atomic E-state index is 11.3. The van der Waals surface area contributed by atoms with Crippen molar-refractivity contribution in [1.82, 2.24) is 19.9 Å². The van der Waals surface area contributed by atoms with Crippen LogP contribution in [0.1, 0.15) is 49.3 Å². The van der Waals surface area contributed by atoms with Gasteiger partial charge in [-0.1, -0.05) is 42.8 Å². The van der Waals surface area contributed by atoms with E-state index in [1.807, 2.05) is 18.2 Å². The van der Waals surface area contributed by atoms with Crippen molar-refractivity contribution in [3.8, 4) is 0 Å². The van der Waals surface area contributed by atoms with Gasteiger partial charge in [0.05, 0.1) is 17.2 Å². The molecule has 1 aromatic heterocycles. The quantitative estimate of drug-likeness (QED) is 0.340. The number of hydroxylamine groups is 1. The van der Waals surface area contributed by atoms with Crippen LogP contribution in [0.3, 0.4) is 0 Å². The number of benzene rings is 2. The summed E-state index contributed by atoms with van der Waals surface area (Å²) in [5, 5.41) is 8.69. The fourth-order valence-corrected chi connectivity index (χ4v) is 4.43. The van der Waals surface area contributed by atoms with Crippen molar-refractivity contribution in [2.45, 2.75) is 45.2 Å². The van der Waals surface area contributed by atoms with Crippen molar-refractivity contribution >= 4 is 23.0 Å². The molecule has 1 amide bonds. The number of nitrogens with zero attached hydrogens (tertiary/aromatic N) is 3. The summed E-state index contributed by atoms with van der Waals surface area (Å²) >= 11 is 0. The molecule has 0 spiro atoms. The fourth-order valence-electron chi connectivity index (χ4n) is 4.43. The Morgan fingerprint density at radius 1 is 1.13 bits per heavy atom. The molecular formula is C25H30N4O2. The number of carbonyl (C=O) groups excluding carboxylic acids is 1. The Morgan fingerprint density at radius 3 is 2.65 bits per heavy atom. The third-order valence-electron chi connectivity index (χ3n) is 6.10. The lowest BCUT2D eigenvalue weighted by molar-refractivity contribution is -0.124. The number of hydrogen-bond donors (Lipinski definition) is 2. The molecule has 1 atom stereocenters. The molecule has 1 aliphatic heterocycles. The Morgan fingerprint density at radius 2 is 1.90 bits per heavy atom. The summed E-state index contributed by atoms with van der Waals surface area (Å²) in [5.74, 6) is 0.541. The summed E-state index contributed by atoms with van der Waals surface area (Å²) in [4.78, 5) is 18.9. The molecule has 6 heteroatoms. The van der Waals surface area contributed by atoms with E-state index in [1.54, 1.807) is 11.6 Å². The van der Waals surface area contributed by atoms with Gasteiger partial charge in [-0.2, -0.15) is 0 Å². The van der Waals surface area contributed by atoms with Gasteiger partial charge >= 0.3 is 0 Å². The molecule has 1 aliphatic rings. The first-order valence-corrected chi connectivity index (χ1v) is 11.1. The second-order valence-electron chi connectivity index (χ2n) is 8.17. The zero-order chi connectivity index (χ0) is 21.6. The Bertz CT molecular complexity index is 1050. The third-order valence-corrected chi connectivity index (χ3v) is 6.10. The average Bonchev–Trinajstić information content (AvgIpc) is 3.19. The van der Waals surface area contributed by atoms with Gasteiger partial charge in [0.2, 0.25) is 0 Å². The summed E-state index contributed by atoms with van der Waals surface area (Å²) in [6, 6.07) is 16.6. The highest BCUT2D eigenvalue weighted by Gasteiger charge is 2.22. The van der Waals surface area contributed by atoms with E-state index >= 15 is 0 Å². The molecule has 2 aromatic carbocycles. The normalized spacial score (nSPS) is 16.1.